The summed E-state index contributed by atoms with van der Waals surface area (Å²) in [6.07, 6.45) is 1.01. The van der Waals surface area contributed by atoms with Crippen LogP contribution in [0.25, 0.3) is 0 Å². The number of rotatable bonds is 3. The predicted molar refractivity (Wildman–Crippen MR) is 63.1 cm³/mol. The fourth-order valence-electron chi connectivity index (χ4n) is 1.69. The molecule has 0 amide bonds. The van der Waals surface area contributed by atoms with Crippen LogP contribution in [-0.4, -0.2) is 25.8 Å². The maximum absolute atomic E-state index is 5.57. The molecule has 14 heavy (non-hydrogen) atoms. The van der Waals surface area contributed by atoms with E-state index < -0.39 is 0 Å². The number of hydrogen-bond acceptors (Lipinski definition) is 3. The van der Waals surface area contributed by atoms with Crippen molar-refractivity contribution in [3.8, 4) is 0 Å². The fourth-order valence-corrected chi connectivity index (χ4v) is 3.62. The van der Waals surface area contributed by atoms with Crippen LogP contribution in [0.5, 0.6) is 0 Å². The smallest absolute Gasteiger partial charge is 0.0974 e. The molecule has 0 radical (unpaired) electrons. The molecule has 0 aliphatic carbocycles. The third-order valence-electron chi connectivity index (χ3n) is 2.69. The maximum atomic E-state index is 5.57. The number of methoxy groups -OCH3 is 1. The summed E-state index contributed by atoms with van der Waals surface area (Å²) in [6.45, 7) is 4.07. The van der Waals surface area contributed by atoms with Gasteiger partial charge >= 0.3 is 0 Å². The second-order valence-electron chi connectivity index (χ2n) is 3.80. The first-order valence-corrected chi connectivity index (χ1v) is 6.27. The van der Waals surface area contributed by atoms with Gasteiger partial charge in [-0.25, -0.2) is 0 Å². The van der Waals surface area contributed by atoms with Gasteiger partial charge in [0.25, 0.3) is 0 Å². The van der Waals surface area contributed by atoms with Crippen molar-refractivity contribution in [1.82, 2.24) is 5.32 Å². The molecule has 0 unspecified atom stereocenters. The Kier molecular flexibility index (Phi) is 2.98. The minimum Gasteiger partial charge on any atom is -0.375 e. The van der Waals surface area contributed by atoms with Crippen molar-refractivity contribution in [2.45, 2.75) is 18.9 Å². The van der Waals surface area contributed by atoms with Gasteiger partial charge in [-0.1, -0.05) is 0 Å². The molecule has 1 aromatic rings. The molecule has 1 aromatic heterocycles. The van der Waals surface area contributed by atoms with E-state index in [1.165, 1.54) is 14.2 Å². The summed E-state index contributed by atoms with van der Waals surface area (Å²) in [6, 6.07) is 2.18. The summed E-state index contributed by atoms with van der Waals surface area (Å²) < 4.78 is 6.79. The highest BCUT2D eigenvalue weighted by molar-refractivity contribution is 9.10. The van der Waals surface area contributed by atoms with E-state index in [1.54, 1.807) is 7.11 Å². The van der Waals surface area contributed by atoms with Gasteiger partial charge in [0.2, 0.25) is 0 Å². The number of aryl methyl sites for hydroxylation is 1. The van der Waals surface area contributed by atoms with Gasteiger partial charge in [-0.05, 0) is 28.9 Å². The van der Waals surface area contributed by atoms with Gasteiger partial charge in [0.05, 0.1) is 5.60 Å². The average molecular weight is 276 g/mol. The Morgan fingerprint density at radius 3 is 2.71 bits per heavy atom. The molecule has 1 aliphatic heterocycles. The molecule has 0 spiro atoms. The molecule has 0 saturated carbocycles. The van der Waals surface area contributed by atoms with Gasteiger partial charge < -0.3 is 10.1 Å². The lowest BCUT2D eigenvalue weighted by Crippen LogP contribution is -2.61. The molecule has 0 bridgehead atoms. The topological polar surface area (TPSA) is 21.3 Å². The largest absolute Gasteiger partial charge is 0.375 e. The normalized spacial score (nSPS) is 19.4. The zero-order valence-electron chi connectivity index (χ0n) is 8.39. The summed E-state index contributed by atoms with van der Waals surface area (Å²) in [7, 11) is 1.80. The zero-order valence-corrected chi connectivity index (χ0v) is 10.8. The predicted octanol–water partition coefficient (Wildman–Crippen LogP) is 2.35. The number of thiophene rings is 1. The van der Waals surface area contributed by atoms with Crippen LogP contribution in [0.1, 0.15) is 9.75 Å². The van der Waals surface area contributed by atoms with Crippen molar-refractivity contribution in [2.24, 2.45) is 0 Å². The number of hydrogen-bond donors (Lipinski definition) is 1. The molecule has 2 rings (SSSR count). The van der Waals surface area contributed by atoms with E-state index in [2.05, 4.69) is 34.2 Å². The third-order valence-corrected chi connectivity index (χ3v) is 4.71. The number of halogens is 1. The van der Waals surface area contributed by atoms with E-state index in [0.29, 0.717) is 0 Å². The van der Waals surface area contributed by atoms with Crippen LogP contribution in [0, 0.1) is 6.92 Å². The second-order valence-corrected chi connectivity index (χ2v) is 5.99. The van der Waals surface area contributed by atoms with E-state index in [9.17, 15) is 0 Å². The molecule has 78 valence electrons. The Morgan fingerprint density at radius 2 is 2.36 bits per heavy atom. The summed E-state index contributed by atoms with van der Waals surface area (Å²) in [5.41, 5.74) is 0.0415. The minimum atomic E-state index is 0.0415. The van der Waals surface area contributed by atoms with Gasteiger partial charge in [0.15, 0.2) is 0 Å². The van der Waals surface area contributed by atoms with Crippen LogP contribution in [0.15, 0.2) is 10.5 Å². The summed E-state index contributed by atoms with van der Waals surface area (Å²) in [4.78, 5) is 2.75. The lowest BCUT2D eigenvalue weighted by atomic mass is 9.92. The first-order chi connectivity index (χ1) is 6.65. The molecule has 1 N–H and O–H groups in total. The van der Waals surface area contributed by atoms with Gasteiger partial charge in [0, 0.05) is 40.8 Å². The number of nitrogens with one attached hydrogen (secondary N) is 1. The molecule has 2 nitrogen and oxygen atoms in total. The quantitative estimate of drug-likeness (QED) is 0.915. The zero-order chi connectivity index (χ0) is 10.2. The SMILES string of the molecule is COC1(Cc2sc(C)cc2Br)CNC1. The van der Waals surface area contributed by atoms with E-state index in [0.717, 1.165) is 19.5 Å². The van der Waals surface area contributed by atoms with E-state index in [1.807, 2.05) is 11.3 Å². The van der Waals surface area contributed by atoms with Crippen LogP contribution in [0.3, 0.4) is 0 Å². The summed E-state index contributed by atoms with van der Waals surface area (Å²) in [5, 5.41) is 3.26. The van der Waals surface area contributed by atoms with Crippen LogP contribution < -0.4 is 5.32 Å². The highest BCUT2D eigenvalue weighted by Crippen LogP contribution is 2.32. The lowest BCUT2D eigenvalue weighted by molar-refractivity contribution is -0.0497. The number of ether oxygens (including phenoxy) is 1. The van der Waals surface area contributed by atoms with Crippen molar-refractivity contribution in [3.63, 3.8) is 0 Å². The van der Waals surface area contributed by atoms with E-state index in [4.69, 9.17) is 4.74 Å². The van der Waals surface area contributed by atoms with Gasteiger partial charge in [-0.3, -0.25) is 0 Å². The molecular formula is C10H14BrNOS. The van der Waals surface area contributed by atoms with Crippen molar-refractivity contribution in [3.05, 3.63) is 20.3 Å². The van der Waals surface area contributed by atoms with Crippen molar-refractivity contribution in [1.29, 1.82) is 0 Å². The summed E-state index contributed by atoms with van der Waals surface area (Å²) in [5.74, 6) is 0. The first kappa shape index (κ1) is 10.6. The van der Waals surface area contributed by atoms with Crippen molar-refractivity contribution in [2.75, 3.05) is 20.2 Å². The first-order valence-electron chi connectivity index (χ1n) is 4.66. The lowest BCUT2D eigenvalue weighted by Gasteiger charge is -2.41. The molecule has 1 saturated heterocycles. The van der Waals surface area contributed by atoms with E-state index >= 15 is 0 Å². The molecular weight excluding hydrogens is 262 g/mol. The molecule has 1 aliphatic rings. The second kappa shape index (κ2) is 3.93. The Bertz CT molecular complexity index is 327. The van der Waals surface area contributed by atoms with Crippen LogP contribution in [0.4, 0.5) is 0 Å². The monoisotopic (exact) mass is 275 g/mol. The average Bonchev–Trinajstić information content (AvgIpc) is 2.38. The third kappa shape index (κ3) is 1.89. The van der Waals surface area contributed by atoms with Crippen LogP contribution >= 0.6 is 27.3 Å². The Labute approximate surface area is 96.8 Å². The molecule has 4 heteroatoms. The molecule has 0 aromatic carbocycles. The minimum absolute atomic E-state index is 0.0415. The molecule has 0 atom stereocenters. The molecule has 2 heterocycles. The standard InChI is InChI=1S/C10H14BrNOS/c1-7-3-8(11)9(14-7)4-10(13-2)5-12-6-10/h3,12H,4-6H2,1-2H3. The van der Waals surface area contributed by atoms with Gasteiger partial charge in [-0.2, -0.15) is 0 Å². The maximum Gasteiger partial charge on any atom is 0.0974 e. The van der Waals surface area contributed by atoms with Crippen molar-refractivity contribution < 1.29 is 4.74 Å². The summed E-state index contributed by atoms with van der Waals surface area (Å²) >= 11 is 5.44. The highest BCUT2D eigenvalue weighted by Gasteiger charge is 2.37. The fraction of sp³-hybridized carbons (Fsp3) is 0.600. The molecule has 1 fully saturated rings. The van der Waals surface area contributed by atoms with Gasteiger partial charge in [0.1, 0.15) is 0 Å². The van der Waals surface area contributed by atoms with Crippen LogP contribution in [0.2, 0.25) is 0 Å². The Morgan fingerprint density at radius 1 is 1.64 bits per heavy atom. The van der Waals surface area contributed by atoms with Gasteiger partial charge in [-0.15, -0.1) is 11.3 Å². The highest BCUT2D eigenvalue weighted by atomic mass is 79.9. The Hall–Kier alpha value is 0.1000. The van der Waals surface area contributed by atoms with Crippen LogP contribution in [-0.2, 0) is 11.2 Å². The Balaban J connectivity index is 2.13. The van der Waals surface area contributed by atoms with E-state index in [-0.39, 0.29) is 5.60 Å². The van der Waals surface area contributed by atoms with Crippen molar-refractivity contribution >= 4 is 27.3 Å².